The summed E-state index contributed by atoms with van der Waals surface area (Å²) in [4.78, 5) is 30.7. The molecule has 2 N–H and O–H groups in total. The molecule has 1 aromatic heterocycles. The van der Waals surface area contributed by atoms with Crippen molar-refractivity contribution < 1.29 is 18.7 Å². The maximum absolute atomic E-state index is 14.1. The third kappa shape index (κ3) is 4.75. The van der Waals surface area contributed by atoms with Gasteiger partial charge in [0.2, 0.25) is 5.91 Å². The number of carbonyl (C=O) groups excluding carboxylic acids is 2. The molecule has 0 aliphatic carbocycles. The van der Waals surface area contributed by atoms with Crippen molar-refractivity contribution in [3.63, 3.8) is 0 Å². The molecule has 156 valence electrons. The number of ether oxygens (including phenoxy) is 1. The summed E-state index contributed by atoms with van der Waals surface area (Å²) in [6.07, 6.45) is -0.539. The number of pyridine rings is 1. The van der Waals surface area contributed by atoms with Crippen LogP contribution in [0.15, 0.2) is 18.2 Å². The van der Waals surface area contributed by atoms with E-state index in [-0.39, 0.29) is 18.3 Å². The number of carbonyl (C=O) groups is 2. The van der Waals surface area contributed by atoms with Gasteiger partial charge < -0.3 is 20.3 Å². The second-order valence-corrected chi connectivity index (χ2v) is 8.28. The molecule has 0 saturated carbocycles. The third-order valence-corrected chi connectivity index (χ3v) is 4.72. The third-order valence-electron chi connectivity index (χ3n) is 4.72. The fourth-order valence-corrected chi connectivity index (χ4v) is 3.32. The molecule has 29 heavy (non-hydrogen) atoms. The van der Waals surface area contributed by atoms with Crippen LogP contribution in [0.25, 0.3) is 10.9 Å². The Balaban J connectivity index is 2.03. The fraction of sp³-hybridized carbons (Fsp3) is 0.476. The van der Waals surface area contributed by atoms with Crippen LogP contribution in [-0.2, 0) is 9.53 Å². The molecule has 1 aromatic carbocycles. The van der Waals surface area contributed by atoms with Crippen LogP contribution in [0, 0.1) is 12.7 Å². The van der Waals surface area contributed by atoms with Crippen molar-refractivity contribution in [2.75, 3.05) is 24.5 Å². The second-order valence-electron chi connectivity index (χ2n) is 8.28. The average Bonchev–Trinajstić information content (AvgIpc) is 2.62. The number of benzene rings is 1. The lowest BCUT2D eigenvalue weighted by atomic mass is 10.0. The number of amides is 2. The second kappa shape index (κ2) is 7.85. The zero-order valence-corrected chi connectivity index (χ0v) is 17.4. The van der Waals surface area contributed by atoms with Crippen molar-refractivity contribution >= 4 is 28.7 Å². The Hall–Kier alpha value is -2.90. The molecule has 7 nitrogen and oxygen atoms in total. The van der Waals surface area contributed by atoms with Crippen molar-refractivity contribution in [3.05, 3.63) is 35.1 Å². The first-order valence-corrected chi connectivity index (χ1v) is 9.66. The summed E-state index contributed by atoms with van der Waals surface area (Å²) < 4.78 is 19.4. The van der Waals surface area contributed by atoms with Crippen LogP contribution in [0.2, 0.25) is 0 Å². The molecular weight excluding hydrogens is 375 g/mol. The van der Waals surface area contributed by atoms with E-state index in [1.165, 1.54) is 6.07 Å². The van der Waals surface area contributed by atoms with Gasteiger partial charge in [-0.2, -0.15) is 0 Å². The van der Waals surface area contributed by atoms with Crippen LogP contribution in [0.1, 0.15) is 44.9 Å². The van der Waals surface area contributed by atoms with E-state index in [1.807, 2.05) is 17.9 Å². The standard InChI is InChI=1S/C21H27FN4O3/c1-12-16(22)7-6-14-10-15(13(2)24-20(28)29-21(3,4)5)19(25-18(12)14)26-9-8-23-17(27)11-26/h6-7,10,13H,8-9,11H2,1-5H3,(H,23,27)(H,24,28)/t13-/m0/s1. The van der Waals surface area contributed by atoms with Crippen molar-refractivity contribution in [2.45, 2.75) is 46.3 Å². The number of aromatic nitrogens is 1. The minimum absolute atomic E-state index is 0.104. The molecule has 2 amide bonds. The number of nitrogens with zero attached hydrogens (tertiary/aromatic N) is 2. The van der Waals surface area contributed by atoms with Crippen molar-refractivity contribution in [1.29, 1.82) is 0 Å². The zero-order chi connectivity index (χ0) is 21.3. The predicted molar refractivity (Wildman–Crippen MR) is 109 cm³/mol. The summed E-state index contributed by atoms with van der Waals surface area (Å²) in [6.45, 7) is 10.1. The highest BCUT2D eigenvalue weighted by atomic mass is 19.1. The van der Waals surface area contributed by atoms with E-state index in [0.717, 1.165) is 10.9 Å². The molecule has 1 aliphatic heterocycles. The lowest BCUT2D eigenvalue weighted by Crippen LogP contribution is -2.48. The number of hydrogen-bond donors (Lipinski definition) is 2. The van der Waals surface area contributed by atoms with Crippen LogP contribution >= 0.6 is 0 Å². The van der Waals surface area contributed by atoms with E-state index < -0.39 is 17.7 Å². The first-order chi connectivity index (χ1) is 13.5. The number of hydrogen-bond acceptors (Lipinski definition) is 5. The van der Waals surface area contributed by atoms with Crippen LogP contribution in [0.5, 0.6) is 0 Å². The molecular formula is C21H27FN4O3. The SMILES string of the molecule is Cc1c(F)ccc2cc([C@H](C)NC(=O)OC(C)(C)C)c(N3CCNC(=O)C3)nc12. The van der Waals surface area contributed by atoms with Gasteiger partial charge in [-0.25, -0.2) is 14.2 Å². The Morgan fingerprint density at radius 3 is 2.76 bits per heavy atom. The van der Waals surface area contributed by atoms with E-state index in [9.17, 15) is 14.0 Å². The molecule has 3 rings (SSSR count). The molecule has 2 aromatic rings. The highest BCUT2D eigenvalue weighted by Gasteiger charge is 2.26. The van der Waals surface area contributed by atoms with Crippen LogP contribution < -0.4 is 15.5 Å². The maximum Gasteiger partial charge on any atom is 0.408 e. The molecule has 8 heteroatoms. The lowest BCUT2D eigenvalue weighted by molar-refractivity contribution is -0.120. The predicted octanol–water partition coefficient (Wildman–Crippen LogP) is 3.20. The Morgan fingerprint density at radius 2 is 2.10 bits per heavy atom. The van der Waals surface area contributed by atoms with Crippen molar-refractivity contribution in [3.8, 4) is 0 Å². The van der Waals surface area contributed by atoms with Gasteiger partial charge in [0.05, 0.1) is 18.1 Å². The summed E-state index contributed by atoms with van der Waals surface area (Å²) in [5.74, 6) is 0.123. The summed E-state index contributed by atoms with van der Waals surface area (Å²) >= 11 is 0. The topological polar surface area (TPSA) is 83.6 Å². The largest absolute Gasteiger partial charge is 0.444 e. The highest BCUT2D eigenvalue weighted by molar-refractivity contribution is 5.87. The number of halogens is 1. The van der Waals surface area contributed by atoms with Crippen molar-refractivity contribution in [1.82, 2.24) is 15.6 Å². The monoisotopic (exact) mass is 402 g/mol. The summed E-state index contributed by atoms with van der Waals surface area (Å²) in [5.41, 5.74) is 1.11. The number of alkyl carbamates (subject to hydrolysis) is 1. The van der Waals surface area contributed by atoms with Gasteiger partial charge in [0.25, 0.3) is 0 Å². The van der Waals surface area contributed by atoms with E-state index in [0.29, 0.717) is 30.0 Å². The van der Waals surface area contributed by atoms with Crippen LogP contribution in [0.3, 0.4) is 0 Å². The van der Waals surface area contributed by atoms with Gasteiger partial charge in [0.15, 0.2) is 0 Å². The maximum atomic E-state index is 14.1. The molecule has 0 unspecified atom stereocenters. The molecule has 1 atom stereocenters. The quantitative estimate of drug-likeness (QED) is 0.824. The van der Waals surface area contributed by atoms with Gasteiger partial charge in [-0.1, -0.05) is 0 Å². The smallest absolute Gasteiger partial charge is 0.408 e. The molecule has 1 fully saturated rings. The van der Waals surface area contributed by atoms with E-state index in [4.69, 9.17) is 9.72 Å². The average molecular weight is 402 g/mol. The fourth-order valence-electron chi connectivity index (χ4n) is 3.32. The normalized spacial score (nSPS) is 15.8. The van der Waals surface area contributed by atoms with Gasteiger partial charge in [-0.15, -0.1) is 0 Å². The minimum atomic E-state index is -0.617. The summed E-state index contributed by atoms with van der Waals surface area (Å²) in [7, 11) is 0. The summed E-state index contributed by atoms with van der Waals surface area (Å²) in [5, 5.41) is 6.39. The number of aryl methyl sites for hydroxylation is 1. The van der Waals surface area contributed by atoms with Crippen molar-refractivity contribution in [2.24, 2.45) is 0 Å². The molecule has 1 aliphatic rings. The van der Waals surface area contributed by atoms with Crippen LogP contribution in [-0.4, -0.2) is 42.2 Å². The Labute approximate surface area is 169 Å². The van der Waals surface area contributed by atoms with Gasteiger partial charge in [0.1, 0.15) is 17.2 Å². The van der Waals surface area contributed by atoms with Gasteiger partial charge in [-0.3, -0.25) is 4.79 Å². The Kier molecular flexibility index (Phi) is 5.64. The number of piperazine rings is 1. The zero-order valence-electron chi connectivity index (χ0n) is 17.4. The minimum Gasteiger partial charge on any atom is -0.444 e. The first kappa shape index (κ1) is 20.8. The number of nitrogens with one attached hydrogen (secondary N) is 2. The Bertz CT molecular complexity index is 955. The molecule has 2 heterocycles. The molecule has 0 radical (unpaired) electrons. The van der Waals surface area contributed by atoms with E-state index in [2.05, 4.69) is 10.6 Å². The van der Waals surface area contributed by atoms with E-state index >= 15 is 0 Å². The van der Waals surface area contributed by atoms with E-state index in [1.54, 1.807) is 33.8 Å². The van der Waals surface area contributed by atoms with Gasteiger partial charge in [-0.05, 0) is 52.8 Å². The number of fused-ring (bicyclic) bond motifs is 1. The highest BCUT2D eigenvalue weighted by Crippen LogP contribution is 2.31. The van der Waals surface area contributed by atoms with Crippen LogP contribution in [0.4, 0.5) is 15.0 Å². The van der Waals surface area contributed by atoms with Gasteiger partial charge in [0, 0.05) is 29.6 Å². The number of rotatable bonds is 3. The first-order valence-electron chi connectivity index (χ1n) is 9.66. The molecule has 1 saturated heterocycles. The lowest BCUT2D eigenvalue weighted by Gasteiger charge is -2.31. The van der Waals surface area contributed by atoms with Gasteiger partial charge >= 0.3 is 6.09 Å². The molecule has 0 bridgehead atoms. The number of anilines is 1. The molecule has 0 spiro atoms. The summed E-state index contributed by atoms with van der Waals surface area (Å²) in [6, 6.07) is 4.54. The Morgan fingerprint density at radius 1 is 1.38 bits per heavy atom.